The summed E-state index contributed by atoms with van der Waals surface area (Å²) < 4.78 is 32.4. The zero-order chi connectivity index (χ0) is 21.6. The van der Waals surface area contributed by atoms with Gasteiger partial charge >= 0.3 is 0 Å². The molecule has 30 heavy (non-hydrogen) atoms. The summed E-state index contributed by atoms with van der Waals surface area (Å²) in [5.41, 5.74) is 2.85. The summed E-state index contributed by atoms with van der Waals surface area (Å²) in [6.45, 7) is 5.73. The number of benzene rings is 2. The van der Waals surface area contributed by atoms with E-state index in [0.29, 0.717) is 39.1 Å². The average molecular weight is 431 g/mol. The van der Waals surface area contributed by atoms with Crippen LogP contribution in [0.25, 0.3) is 0 Å². The minimum atomic E-state index is -3.38. The lowest BCUT2D eigenvalue weighted by atomic mass is 9.97. The van der Waals surface area contributed by atoms with Crippen molar-refractivity contribution in [2.75, 3.05) is 19.7 Å². The number of carbonyl (C=O) groups excluding carboxylic acids is 1. The van der Waals surface area contributed by atoms with Gasteiger partial charge in [-0.05, 0) is 49.9 Å². The lowest BCUT2D eigenvalue weighted by Gasteiger charge is -2.30. The van der Waals surface area contributed by atoms with Gasteiger partial charge in [-0.2, -0.15) is 0 Å². The SMILES string of the molecule is CCOc1ccc(CNC(=O)C2CCN(S(=O)(=O)Cc3cccc(C)c3)CC2)cc1. The standard InChI is InChI=1S/C23H30N2O4S/c1-3-29-22-9-7-19(8-10-22)16-24-23(26)21-11-13-25(14-12-21)30(27,28)17-20-6-4-5-18(2)15-20/h4-10,15,21H,3,11-14,16-17H2,1-2H3,(H,24,26). The average Bonchev–Trinajstić information content (AvgIpc) is 2.73. The van der Waals surface area contributed by atoms with Crippen LogP contribution in [0.5, 0.6) is 5.75 Å². The Labute approximate surface area is 179 Å². The van der Waals surface area contributed by atoms with Gasteiger partial charge < -0.3 is 10.1 Å². The number of nitrogens with one attached hydrogen (secondary N) is 1. The zero-order valence-corrected chi connectivity index (χ0v) is 18.5. The van der Waals surface area contributed by atoms with Crippen molar-refractivity contribution in [2.45, 2.75) is 39.0 Å². The number of rotatable bonds is 8. The van der Waals surface area contributed by atoms with Crippen molar-refractivity contribution in [3.63, 3.8) is 0 Å². The molecule has 0 aliphatic carbocycles. The van der Waals surface area contributed by atoms with Gasteiger partial charge in [0.15, 0.2) is 0 Å². The van der Waals surface area contributed by atoms with E-state index >= 15 is 0 Å². The van der Waals surface area contributed by atoms with Crippen molar-refractivity contribution in [1.82, 2.24) is 9.62 Å². The molecule has 7 heteroatoms. The van der Waals surface area contributed by atoms with Gasteiger partial charge in [0.1, 0.15) is 5.75 Å². The van der Waals surface area contributed by atoms with E-state index < -0.39 is 10.0 Å². The van der Waals surface area contributed by atoms with Crippen LogP contribution in [0.3, 0.4) is 0 Å². The first-order valence-electron chi connectivity index (χ1n) is 10.4. The van der Waals surface area contributed by atoms with E-state index in [0.717, 1.165) is 22.4 Å². The van der Waals surface area contributed by atoms with Gasteiger partial charge in [-0.25, -0.2) is 12.7 Å². The Bertz CT molecular complexity index is 949. The van der Waals surface area contributed by atoms with Crippen LogP contribution in [0.4, 0.5) is 0 Å². The Morgan fingerprint density at radius 3 is 2.43 bits per heavy atom. The van der Waals surface area contributed by atoms with Gasteiger partial charge in [0.2, 0.25) is 15.9 Å². The van der Waals surface area contributed by atoms with Crippen molar-refractivity contribution >= 4 is 15.9 Å². The quantitative estimate of drug-likeness (QED) is 0.698. The first kappa shape index (κ1) is 22.3. The molecule has 2 aromatic carbocycles. The van der Waals surface area contributed by atoms with Crippen LogP contribution >= 0.6 is 0 Å². The van der Waals surface area contributed by atoms with Gasteiger partial charge in [0.05, 0.1) is 12.4 Å². The van der Waals surface area contributed by atoms with Crippen LogP contribution in [-0.2, 0) is 27.1 Å². The molecule has 0 aromatic heterocycles. The number of hydrogen-bond acceptors (Lipinski definition) is 4. The zero-order valence-electron chi connectivity index (χ0n) is 17.6. The Kier molecular flexibility index (Phi) is 7.50. The van der Waals surface area contributed by atoms with Gasteiger partial charge in [-0.15, -0.1) is 0 Å². The van der Waals surface area contributed by atoms with Crippen molar-refractivity contribution in [3.05, 3.63) is 65.2 Å². The molecule has 0 bridgehead atoms. The van der Waals surface area contributed by atoms with Gasteiger partial charge in [-0.3, -0.25) is 4.79 Å². The smallest absolute Gasteiger partial charge is 0.223 e. The molecule has 1 saturated heterocycles. The molecule has 0 spiro atoms. The Morgan fingerprint density at radius 2 is 1.80 bits per heavy atom. The van der Waals surface area contributed by atoms with E-state index in [1.165, 1.54) is 4.31 Å². The summed E-state index contributed by atoms with van der Waals surface area (Å²) in [4.78, 5) is 12.5. The second-order valence-electron chi connectivity index (χ2n) is 7.71. The normalized spacial score (nSPS) is 15.7. The van der Waals surface area contributed by atoms with E-state index in [-0.39, 0.29) is 17.6 Å². The van der Waals surface area contributed by atoms with Gasteiger partial charge in [0.25, 0.3) is 0 Å². The second kappa shape index (κ2) is 10.1. The maximum Gasteiger partial charge on any atom is 0.223 e. The lowest BCUT2D eigenvalue weighted by Crippen LogP contribution is -2.43. The fourth-order valence-electron chi connectivity index (χ4n) is 3.70. The summed E-state index contributed by atoms with van der Waals surface area (Å²) in [7, 11) is -3.38. The molecule has 0 radical (unpaired) electrons. The molecule has 6 nitrogen and oxygen atoms in total. The molecule has 0 atom stereocenters. The number of nitrogens with zero attached hydrogens (tertiary/aromatic N) is 1. The highest BCUT2D eigenvalue weighted by molar-refractivity contribution is 7.88. The molecule has 1 fully saturated rings. The van der Waals surface area contributed by atoms with Gasteiger partial charge in [0, 0.05) is 25.6 Å². The molecule has 1 N–H and O–H groups in total. The second-order valence-corrected chi connectivity index (χ2v) is 9.68. The number of carbonyl (C=O) groups is 1. The molecule has 1 heterocycles. The summed E-state index contributed by atoms with van der Waals surface area (Å²) in [5, 5.41) is 2.97. The van der Waals surface area contributed by atoms with Crippen LogP contribution in [0.2, 0.25) is 0 Å². The lowest BCUT2D eigenvalue weighted by molar-refractivity contribution is -0.126. The summed E-state index contributed by atoms with van der Waals surface area (Å²) >= 11 is 0. The molecule has 2 aromatic rings. The first-order valence-corrected chi connectivity index (χ1v) is 12.0. The highest BCUT2D eigenvalue weighted by Crippen LogP contribution is 2.22. The van der Waals surface area contributed by atoms with Crippen LogP contribution in [0.1, 0.15) is 36.5 Å². The number of hydrogen-bond donors (Lipinski definition) is 1. The minimum Gasteiger partial charge on any atom is -0.494 e. The van der Waals surface area contributed by atoms with Crippen LogP contribution in [0.15, 0.2) is 48.5 Å². The molecule has 0 unspecified atom stereocenters. The summed E-state index contributed by atoms with van der Waals surface area (Å²) in [6, 6.07) is 15.2. The predicted molar refractivity (Wildman–Crippen MR) is 118 cm³/mol. The number of sulfonamides is 1. The van der Waals surface area contributed by atoms with Crippen LogP contribution in [0, 0.1) is 12.8 Å². The maximum atomic E-state index is 12.7. The largest absolute Gasteiger partial charge is 0.494 e. The topological polar surface area (TPSA) is 75.7 Å². The Hall–Kier alpha value is -2.38. The van der Waals surface area contributed by atoms with E-state index in [1.807, 2.05) is 62.4 Å². The van der Waals surface area contributed by atoms with Gasteiger partial charge in [-0.1, -0.05) is 42.0 Å². The highest BCUT2D eigenvalue weighted by Gasteiger charge is 2.31. The van der Waals surface area contributed by atoms with Crippen LogP contribution in [-0.4, -0.2) is 38.3 Å². The number of ether oxygens (including phenoxy) is 1. The minimum absolute atomic E-state index is 0.00326. The molecule has 0 saturated carbocycles. The molecular formula is C23H30N2O4S. The highest BCUT2D eigenvalue weighted by atomic mass is 32.2. The molecule has 1 amide bonds. The van der Waals surface area contributed by atoms with Crippen molar-refractivity contribution in [3.8, 4) is 5.75 Å². The predicted octanol–water partition coefficient (Wildman–Crippen LogP) is 3.25. The molecule has 1 aliphatic heterocycles. The van der Waals surface area contributed by atoms with Crippen molar-refractivity contribution in [1.29, 1.82) is 0 Å². The van der Waals surface area contributed by atoms with E-state index in [1.54, 1.807) is 0 Å². The summed E-state index contributed by atoms with van der Waals surface area (Å²) in [6.07, 6.45) is 1.09. The number of aryl methyl sites for hydroxylation is 1. The van der Waals surface area contributed by atoms with E-state index in [4.69, 9.17) is 4.74 Å². The monoisotopic (exact) mass is 430 g/mol. The third-order valence-electron chi connectivity index (χ3n) is 5.35. The first-order chi connectivity index (χ1) is 14.4. The van der Waals surface area contributed by atoms with Crippen molar-refractivity contribution < 1.29 is 17.9 Å². The third-order valence-corrected chi connectivity index (χ3v) is 7.20. The molecule has 3 rings (SSSR count). The van der Waals surface area contributed by atoms with E-state index in [2.05, 4.69) is 5.32 Å². The molecular weight excluding hydrogens is 400 g/mol. The number of amides is 1. The fourth-order valence-corrected chi connectivity index (χ4v) is 5.25. The van der Waals surface area contributed by atoms with E-state index in [9.17, 15) is 13.2 Å². The molecule has 162 valence electrons. The number of piperidine rings is 1. The van der Waals surface area contributed by atoms with Crippen LogP contribution < -0.4 is 10.1 Å². The molecule has 1 aliphatic rings. The Balaban J connectivity index is 1.47. The maximum absolute atomic E-state index is 12.7. The fraction of sp³-hybridized carbons (Fsp3) is 0.435. The Morgan fingerprint density at radius 1 is 1.10 bits per heavy atom. The third kappa shape index (κ3) is 6.06. The summed E-state index contributed by atoms with van der Waals surface area (Å²) in [5.74, 6) is 0.646. The van der Waals surface area contributed by atoms with Crippen molar-refractivity contribution in [2.24, 2.45) is 5.92 Å².